The molecular formula is C28H30N4O4. The minimum Gasteiger partial charge on any atom is -0.497 e. The molecule has 1 aromatic heterocycles. The van der Waals surface area contributed by atoms with E-state index >= 15 is 0 Å². The molecule has 0 radical (unpaired) electrons. The first-order valence-electron chi connectivity index (χ1n) is 12.6. The van der Waals surface area contributed by atoms with Crippen LogP contribution in [-0.2, 0) is 28.0 Å². The Morgan fingerprint density at radius 2 is 2.00 bits per heavy atom. The lowest BCUT2D eigenvalue weighted by atomic mass is 9.87. The Morgan fingerprint density at radius 1 is 1.19 bits per heavy atom. The molecule has 1 saturated heterocycles. The maximum absolute atomic E-state index is 13.9. The molecule has 0 bridgehead atoms. The Hall–Kier alpha value is -3.81. The van der Waals surface area contributed by atoms with E-state index in [1.807, 2.05) is 36.4 Å². The van der Waals surface area contributed by atoms with Crippen LogP contribution in [0, 0.1) is 0 Å². The molecule has 3 heterocycles. The average molecular weight is 487 g/mol. The third kappa shape index (κ3) is 3.09. The molecule has 2 aromatic carbocycles. The van der Waals surface area contributed by atoms with Crippen molar-refractivity contribution in [1.82, 2.24) is 20.1 Å². The summed E-state index contributed by atoms with van der Waals surface area (Å²) in [5.41, 5.74) is 3.79. The number of nitrogens with zero attached hydrogens (tertiary/aromatic N) is 2. The number of aromatic nitrogens is 1. The van der Waals surface area contributed by atoms with Crippen LogP contribution in [0.1, 0.15) is 55.1 Å². The standard InChI is InChI=1S/C28H30N4O4/c1-16(25(33)30-22-10-6-8-17-7-4-5-9-19(17)22)32-26(34)28(2)24-20(13-14-31(28)27(32)35)21-15-18(36-3)11-12-23(21)29-24/h4-5,7,9,11-12,15-16,22,29H,6,8,10,13-14H2,1-3H3,(H,30,33). The molecule has 4 amide bonds. The molecule has 2 N–H and O–H groups in total. The van der Waals surface area contributed by atoms with Crippen LogP contribution in [0.3, 0.4) is 0 Å². The highest BCUT2D eigenvalue weighted by Crippen LogP contribution is 2.45. The summed E-state index contributed by atoms with van der Waals surface area (Å²) in [6, 6.07) is 12.4. The number of benzene rings is 2. The Kier molecular flexibility index (Phi) is 5.10. The Balaban J connectivity index is 1.30. The van der Waals surface area contributed by atoms with Gasteiger partial charge in [0.15, 0.2) is 5.54 Å². The molecule has 3 aromatic rings. The van der Waals surface area contributed by atoms with Crippen molar-refractivity contribution in [3.05, 3.63) is 64.8 Å². The van der Waals surface area contributed by atoms with Crippen molar-refractivity contribution in [1.29, 1.82) is 0 Å². The fraction of sp³-hybridized carbons (Fsp3) is 0.393. The van der Waals surface area contributed by atoms with E-state index < -0.39 is 17.6 Å². The molecular weight excluding hydrogens is 456 g/mol. The number of nitrogens with one attached hydrogen (secondary N) is 2. The fourth-order valence-electron chi connectivity index (χ4n) is 6.23. The first-order valence-corrected chi connectivity index (χ1v) is 12.6. The predicted octanol–water partition coefficient (Wildman–Crippen LogP) is 3.79. The van der Waals surface area contributed by atoms with Crippen LogP contribution in [0.15, 0.2) is 42.5 Å². The lowest BCUT2D eigenvalue weighted by Crippen LogP contribution is -2.50. The largest absolute Gasteiger partial charge is 0.497 e. The molecule has 6 rings (SSSR count). The first-order chi connectivity index (χ1) is 17.3. The quantitative estimate of drug-likeness (QED) is 0.549. The third-order valence-electron chi connectivity index (χ3n) is 8.25. The van der Waals surface area contributed by atoms with Crippen molar-refractivity contribution in [2.45, 2.75) is 57.2 Å². The van der Waals surface area contributed by atoms with Gasteiger partial charge in [-0.05, 0) is 74.4 Å². The van der Waals surface area contributed by atoms with E-state index in [0.717, 1.165) is 51.9 Å². The zero-order valence-electron chi connectivity index (χ0n) is 20.8. The Bertz CT molecular complexity index is 1410. The van der Waals surface area contributed by atoms with Crippen LogP contribution >= 0.6 is 0 Å². The number of amides is 4. The van der Waals surface area contributed by atoms with E-state index in [-0.39, 0.29) is 17.9 Å². The third-order valence-corrected chi connectivity index (χ3v) is 8.25. The fourth-order valence-corrected chi connectivity index (χ4v) is 6.23. The molecule has 1 fully saturated rings. The molecule has 36 heavy (non-hydrogen) atoms. The van der Waals surface area contributed by atoms with E-state index in [1.54, 1.807) is 25.9 Å². The molecule has 3 unspecified atom stereocenters. The molecule has 2 aliphatic heterocycles. The van der Waals surface area contributed by atoms with Crippen LogP contribution in [0.25, 0.3) is 10.9 Å². The summed E-state index contributed by atoms with van der Waals surface area (Å²) in [7, 11) is 1.62. The predicted molar refractivity (Wildman–Crippen MR) is 135 cm³/mol. The molecule has 1 aliphatic carbocycles. The number of hydrogen-bond donors (Lipinski definition) is 2. The summed E-state index contributed by atoms with van der Waals surface area (Å²) < 4.78 is 5.39. The summed E-state index contributed by atoms with van der Waals surface area (Å²) in [6.07, 6.45) is 3.43. The number of imide groups is 1. The van der Waals surface area contributed by atoms with E-state index in [4.69, 9.17) is 4.74 Å². The highest BCUT2D eigenvalue weighted by molar-refractivity contribution is 6.11. The second-order valence-electron chi connectivity index (χ2n) is 10.1. The number of carbonyl (C=O) groups is 3. The summed E-state index contributed by atoms with van der Waals surface area (Å²) in [6.45, 7) is 3.82. The molecule has 0 saturated carbocycles. The zero-order valence-corrected chi connectivity index (χ0v) is 20.8. The number of hydrogen-bond acceptors (Lipinski definition) is 4. The number of aromatic amines is 1. The van der Waals surface area contributed by atoms with E-state index in [0.29, 0.717) is 18.7 Å². The smallest absolute Gasteiger partial charge is 0.328 e. The van der Waals surface area contributed by atoms with Crippen molar-refractivity contribution >= 4 is 28.7 Å². The van der Waals surface area contributed by atoms with Gasteiger partial charge >= 0.3 is 6.03 Å². The van der Waals surface area contributed by atoms with Crippen molar-refractivity contribution in [3.8, 4) is 5.75 Å². The van der Waals surface area contributed by atoms with Gasteiger partial charge in [0.05, 0.1) is 18.8 Å². The van der Waals surface area contributed by atoms with Gasteiger partial charge in [-0.2, -0.15) is 0 Å². The zero-order chi connectivity index (χ0) is 25.2. The lowest BCUT2D eigenvalue weighted by molar-refractivity contribution is -0.139. The van der Waals surface area contributed by atoms with Crippen molar-refractivity contribution in [2.24, 2.45) is 0 Å². The van der Waals surface area contributed by atoms with Gasteiger partial charge in [-0.3, -0.25) is 9.59 Å². The number of urea groups is 1. The Morgan fingerprint density at radius 3 is 2.81 bits per heavy atom. The van der Waals surface area contributed by atoms with Gasteiger partial charge in [0.1, 0.15) is 11.8 Å². The molecule has 3 aliphatic rings. The van der Waals surface area contributed by atoms with Crippen molar-refractivity contribution < 1.29 is 19.1 Å². The monoisotopic (exact) mass is 486 g/mol. The van der Waals surface area contributed by atoms with Crippen LogP contribution in [-0.4, -0.2) is 52.3 Å². The van der Waals surface area contributed by atoms with Crippen LogP contribution in [0.5, 0.6) is 5.75 Å². The molecule has 0 spiro atoms. The second-order valence-corrected chi connectivity index (χ2v) is 10.1. The van der Waals surface area contributed by atoms with Gasteiger partial charge in [0.25, 0.3) is 5.91 Å². The normalized spacial score (nSPS) is 23.8. The van der Waals surface area contributed by atoms with Crippen molar-refractivity contribution in [3.63, 3.8) is 0 Å². The lowest BCUT2D eigenvalue weighted by Gasteiger charge is -2.36. The topological polar surface area (TPSA) is 94.7 Å². The number of carbonyl (C=O) groups excluding carboxylic acids is 3. The molecule has 8 nitrogen and oxygen atoms in total. The van der Waals surface area contributed by atoms with Gasteiger partial charge in [-0.25, -0.2) is 9.69 Å². The Labute approximate surface area is 209 Å². The van der Waals surface area contributed by atoms with Gasteiger partial charge in [-0.1, -0.05) is 24.3 Å². The summed E-state index contributed by atoms with van der Waals surface area (Å²) in [5.74, 6) is 0.0454. The van der Waals surface area contributed by atoms with E-state index in [1.165, 1.54) is 5.56 Å². The highest BCUT2D eigenvalue weighted by atomic mass is 16.5. The summed E-state index contributed by atoms with van der Waals surface area (Å²) >= 11 is 0. The minimum atomic E-state index is -1.19. The van der Waals surface area contributed by atoms with Gasteiger partial charge in [0.2, 0.25) is 5.91 Å². The number of H-pyrrole nitrogens is 1. The molecule has 186 valence electrons. The number of ether oxygens (including phenoxy) is 1. The number of methoxy groups -OCH3 is 1. The second kappa shape index (κ2) is 8.11. The number of fused-ring (bicyclic) bond motifs is 6. The average Bonchev–Trinajstić information content (AvgIpc) is 3.36. The van der Waals surface area contributed by atoms with Crippen LogP contribution in [0.4, 0.5) is 4.79 Å². The maximum atomic E-state index is 13.9. The molecule has 3 atom stereocenters. The van der Waals surface area contributed by atoms with Crippen LogP contribution < -0.4 is 10.1 Å². The SMILES string of the molecule is COc1ccc2[nH]c3c(c2c1)CCN1C(=O)N(C(C)C(=O)NC2CCCc4ccccc42)C(=O)C31C. The van der Waals surface area contributed by atoms with Gasteiger partial charge in [-0.15, -0.1) is 0 Å². The van der Waals surface area contributed by atoms with Gasteiger partial charge in [0, 0.05) is 17.4 Å². The molecule has 8 heteroatoms. The summed E-state index contributed by atoms with van der Waals surface area (Å²) in [4.78, 5) is 47.0. The first kappa shape index (κ1) is 22.6. The maximum Gasteiger partial charge on any atom is 0.328 e. The van der Waals surface area contributed by atoms with Crippen molar-refractivity contribution in [2.75, 3.05) is 13.7 Å². The van der Waals surface area contributed by atoms with E-state index in [9.17, 15) is 14.4 Å². The summed E-state index contributed by atoms with van der Waals surface area (Å²) in [5, 5.41) is 4.11. The number of rotatable bonds is 4. The van der Waals surface area contributed by atoms with E-state index in [2.05, 4.69) is 16.4 Å². The van der Waals surface area contributed by atoms with Gasteiger partial charge < -0.3 is 19.9 Å². The number of aryl methyl sites for hydroxylation is 1. The minimum absolute atomic E-state index is 0.119. The van der Waals surface area contributed by atoms with Crippen LogP contribution in [0.2, 0.25) is 0 Å². The highest BCUT2D eigenvalue weighted by Gasteiger charge is 2.60.